The second-order valence-corrected chi connectivity index (χ2v) is 5.42. The normalized spacial score (nSPS) is 10.5. The highest BCUT2D eigenvalue weighted by Gasteiger charge is 2.03. The van der Waals surface area contributed by atoms with Gasteiger partial charge in [0.2, 0.25) is 5.91 Å². The van der Waals surface area contributed by atoms with Gasteiger partial charge in [-0.15, -0.1) is 0 Å². The maximum atomic E-state index is 11.8. The lowest BCUT2D eigenvalue weighted by Gasteiger charge is -2.10. The minimum atomic E-state index is 0.0531. The van der Waals surface area contributed by atoms with E-state index in [1.165, 1.54) is 16.7 Å². The van der Waals surface area contributed by atoms with Crippen molar-refractivity contribution >= 4 is 5.91 Å². The summed E-state index contributed by atoms with van der Waals surface area (Å²) >= 11 is 0. The first kappa shape index (κ1) is 16.2. The lowest BCUT2D eigenvalue weighted by molar-refractivity contribution is -0.121. The van der Waals surface area contributed by atoms with Crippen molar-refractivity contribution in [3.8, 4) is 0 Å². The summed E-state index contributed by atoms with van der Waals surface area (Å²) in [6.07, 6.45) is 3.96. The van der Waals surface area contributed by atoms with Gasteiger partial charge in [-0.2, -0.15) is 0 Å². The Hall–Kier alpha value is -2.20. The van der Waals surface area contributed by atoms with Crippen molar-refractivity contribution in [2.24, 2.45) is 0 Å². The van der Waals surface area contributed by atoms with Crippen molar-refractivity contribution < 1.29 is 4.79 Å². The highest BCUT2D eigenvalue weighted by Crippen LogP contribution is 2.12. The van der Waals surface area contributed by atoms with Gasteiger partial charge in [0.1, 0.15) is 0 Å². The van der Waals surface area contributed by atoms with Crippen LogP contribution in [0.2, 0.25) is 0 Å². The Morgan fingerprint density at radius 2 is 2.00 bits per heavy atom. The van der Waals surface area contributed by atoms with Crippen LogP contribution in [0.15, 0.2) is 42.7 Å². The maximum absolute atomic E-state index is 11.8. The van der Waals surface area contributed by atoms with Gasteiger partial charge in [-0.05, 0) is 42.2 Å². The van der Waals surface area contributed by atoms with Gasteiger partial charge in [0.25, 0.3) is 0 Å². The Kier molecular flexibility index (Phi) is 6.10. The number of nitrogens with one attached hydrogen (secondary N) is 2. The number of amides is 1. The van der Waals surface area contributed by atoms with E-state index in [4.69, 9.17) is 0 Å². The van der Waals surface area contributed by atoms with E-state index in [-0.39, 0.29) is 5.91 Å². The highest BCUT2D eigenvalue weighted by molar-refractivity contribution is 5.76. The van der Waals surface area contributed by atoms with Gasteiger partial charge in [0, 0.05) is 38.4 Å². The van der Waals surface area contributed by atoms with Crippen LogP contribution in [0.25, 0.3) is 0 Å². The number of aryl methyl sites for hydroxylation is 1. The van der Waals surface area contributed by atoms with E-state index in [0.717, 1.165) is 12.1 Å². The van der Waals surface area contributed by atoms with Crippen molar-refractivity contribution in [1.29, 1.82) is 0 Å². The van der Waals surface area contributed by atoms with Crippen LogP contribution in [0.5, 0.6) is 0 Å². The molecule has 0 aliphatic rings. The molecule has 2 aromatic rings. The maximum Gasteiger partial charge on any atom is 0.221 e. The summed E-state index contributed by atoms with van der Waals surface area (Å²) < 4.78 is 0. The molecule has 0 aliphatic heterocycles. The van der Waals surface area contributed by atoms with Crippen LogP contribution in [0.1, 0.15) is 28.7 Å². The molecule has 0 fully saturated rings. The summed E-state index contributed by atoms with van der Waals surface area (Å²) in [5.74, 6) is 0.0531. The number of carbonyl (C=O) groups is 1. The zero-order valence-corrected chi connectivity index (χ0v) is 13.2. The Morgan fingerprint density at radius 3 is 2.77 bits per heavy atom. The third kappa shape index (κ3) is 4.97. The molecule has 116 valence electrons. The fourth-order valence-electron chi connectivity index (χ4n) is 2.22. The Balaban J connectivity index is 1.66. The summed E-state index contributed by atoms with van der Waals surface area (Å²) in [5.41, 5.74) is 4.92. The number of rotatable bonds is 7. The molecule has 1 aromatic heterocycles. The van der Waals surface area contributed by atoms with Gasteiger partial charge in [0.05, 0.1) is 0 Å². The van der Waals surface area contributed by atoms with Crippen LogP contribution in [0, 0.1) is 13.8 Å². The Bertz CT molecular complexity index is 611. The summed E-state index contributed by atoms with van der Waals surface area (Å²) in [5, 5.41) is 6.22. The van der Waals surface area contributed by atoms with Crippen LogP contribution in [0.4, 0.5) is 0 Å². The number of hydrogen-bond donors (Lipinski definition) is 2. The van der Waals surface area contributed by atoms with Gasteiger partial charge < -0.3 is 10.6 Å². The Morgan fingerprint density at radius 1 is 1.14 bits per heavy atom. The summed E-state index contributed by atoms with van der Waals surface area (Å²) in [6.45, 7) is 6.25. The first-order valence-corrected chi connectivity index (χ1v) is 7.58. The predicted octanol–water partition coefficient (Wildman–Crippen LogP) is 2.49. The molecule has 4 heteroatoms. The average Bonchev–Trinajstić information content (AvgIpc) is 2.54. The van der Waals surface area contributed by atoms with E-state index in [0.29, 0.717) is 19.5 Å². The van der Waals surface area contributed by atoms with Crippen LogP contribution in [-0.4, -0.2) is 17.4 Å². The molecule has 2 N–H and O–H groups in total. The number of benzene rings is 1. The van der Waals surface area contributed by atoms with Crippen molar-refractivity contribution in [3.05, 3.63) is 65.0 Å². The van der Waals surface area contributed by atoms with Gasteiger partial charge in [-0.3, -0.25) is 9.78 Å². The van der Waals surface area contributed by atoms with E-state index < -0.39 is 0 Å². The number of aromatic nitrogens is 1. The van der Waals surface area contributed by atoms with E-state index in [2.05, 4.69) is 47.7 Å². The van der Waals surface area contributed by atoms with Gasteiger partial charge in [0.15, 0.2) is 0 Å². The fraction of sp³-hybridized carbons (Fsp3) is 0.333. The second kappa shape index (κ2) is 8.29. The monoisotopic (exact) mass is 297 g/mol. The predicted molar refractivity (Wildman–Crippen MR) is 88.3 cm³/mol. The molecule has 1 amide bonds. The third-order valence-corrected chi connectivity index (χ3v) is 3.77. The van der Waals surface area contributed by atoms with E-state index in [1.54, 1.807) is 12.4 Å². The van der Waals surface area contributed by atoms with Gasteiger partial charge >= 0.3 is 0 Å². The topological polar surface area (TPSA) is 54.0 Å². The molecule has 0 bridgehead atoms. The molecule has 0 spiro atoms. The van der Waals surface area contributed by atoms with Crippen LogP contribution in [0.3, 0.4) is 0 Å². The van der Waals surface area contributed by atoms with Crippen LogP contribution in [-0.2, 0) is 17.9 Å². The van der Waals surface area contributed by atoms with Gasteiger partial charge in [-0.1, -0.05) is 24.3 Å². The highest BCUT2D eigenvalue weighted by atomic mass is 16.1. The zero-order chi connectivity index (χ0) is 15.8. The molecule has 22 heavy (non-hydrogen) atoms. The standard InChI is InChI=1S/C18H23N3O/c1-14-5-3-7-17(15(14)2)13-20-10-8-18(22)21-12-16-6-4-9-19-11-16/h3-7,9,11,20H,8,10,12-13H2,1-2H3,(H,21,22). The molecule has 2 rings (SSSR count). The molecule has 0 aliphatic carbocycles. The molecule has 0 saturated heterocycles. The van der Waals surface area contributed by atoms with E-state index in [1.807, 2.05) is 12.1 Å². The first-order chi connectivity index (χ1) is 10.7. The lowest BCUT2D eigenvalue weighted by atomic mass is 10.0. The minimum Gasteiger partial charge on any atom is -0.352 e. The summed E-state index contributed by atoms with van der Waals surface area (Å²) in [4.78, 5) is 15.8. The molecule has 0 atom stereocenters. The fourth-order valence-corrected chi connectivity index (χ4v) is 2.22. The molecule has 0 saturated carbocycles. The van der Waals surface area contributed by atoms with Crippen LogP contribution >= 0.6 is 0 Å². The second-order valence-electron chi connectivity index (χ2n) is 5.42. The molecule has 1 aromatic carbocycles. The van der Waals surface area contributed by atoms with Crippen molar-refractivity contribution in [2.75, 3.05) is 6.54 Å². The summed E-state index contributed by atoms with van der Waals surface area (Å²) in [6, 6.07) is 10.1. The van der Waals surface area contributed by atoms with E-state index in [9.17, 15) is 4.79 Å². The number of nitrogens with zero attached hydrogens (tertiary/aromatic N) is 1. The van der Waals surface area contributed by atoms with Crippen molar-refractivity contribution in [1.82, 2.24) is 15.6 Å². The summed E-state index contributed by atoms with van der Waals surface area (Å²) in [7, 11) is 0. The molecular formula is C18H23N3O. The SMILES string of the molecule is Cc1cccc(CNCCC(=O)NCc2cccnc2)c1C. The molecule has 1 heterocycles. The molecule has 0 radical (unpaired) electrons. The number of pyridine rings is 1. The molecule has 0 unspecified atom stereocenters. The first-order valence-electron chi connectivity index (χ1n) is 7.58. The zero-order valence-electron chi connectivity index (χ0n) is 13.2. The van der Waals surface area contributed by atoms with Crippen molar-refractivity contribution in [3.63, 3.8) is 0 Å². The smallest absolute Gasteiger partial charge is 0.221 e. The van der Waals surface area contributed by atoms with Crippen molar-refractivity contribution in [2.45, 2.75) is 33.4 Å². The lowest BCUT2D eigenvalue weighted by Crippen LogP contribution is -2.27. The average molecular weight is 297 g/mol. The molecule has 4 nitrogen and oxygen atoms in total. The van der Waals surface area contributed by atoms with E-state index >= 15 is 0 Å². The minimum absolute atomic E-state index is 0.0531. The van der Waals surface area contributed by atoms with Crippen LogP contribution < -0.4 is 10.6 Å². The number of hydrogen-bond acceptors (Lipinski definition) is 3. The molecular weight excluding hydrogens is 274 g/mol. The van der Waals surface area contributed by atoms with Gasteiger partial charge in [-0.25, -0.2) is 0 Å². The Labute approximate surface area is 132 Å². The largest absolute Gasteiger partial charge is 0.352 e. The quantitative estimate of drug-likeness (QED) is 0.772. The number of carbonyl (C=O) groups excluding carboxylic acids is 1. The third-order valence-electron chi connectivity index (χ3n) is 3.77.